The Hall–Kier alpha value is -1.32. The van der Waals surface area contributed by atoms with Crippen LogP contribution in [0, 0.1) is 12.8 Å². The van der Waals surface area contributed by atoms with E-state index in [-0.39, 0.29) is 12.1 Å². The van der Waals surface area contributed by atoms with Crippen LogP contribution in [0.4, 0.5) is 0 Å². The molecule has 1 saturated carbocycles. The van der Waals surface area contributed by atoms with Crippen LogP contribution in [-0.2, 0) is 4.74 Å². The molecule has 0 radical (unpaired) electrons. The monoisotopic (exact) mass is 273 g/mol. The number of hydrogen-bond donors (Lipinski definition) is 1. The normalized spacial score (nSPS) is 18.4. The lowest BCUT2D eigenvalue weighted by molar-refractivity contribution is 0.0450. The van der Waals surface area contributed by atoms with Crippen LogP contribution in [0.15, 0.2) is 28.7 Å². The zero-order valence-electron chi connectivity index (χ0n) is 12.5. The molecule has 2 atom stereocenters. The van der Waals surface area contributed by atoms with Gasteiger partial charge >= 0.3 is 0 Å². The second-order valence-electron chi connectivity index (χ2n) is 5.76. The molecule has 3 rings (SSSR count). The van der Waals surface area contributed by atoms with Crippen LogP contribution < -0.4 is 5.32 Å². The van der Waals surface area contributed by atoms with Gasteiger partial charge in [0.05, 0.1) is 12.1 Å². The van der Waals surface area contributed by atoms with Gasteiger partial charge in [0, 0.05) is 12.5 Å². The Kier molecular flexibility index (Phi) is 3.81. The van der Waals surface area contributed by atoms with Gasteiger partial charge in [-0.25, -0.2) is 0 Å². The van der Waals surface area contributed by atoms with E-state index in [1.54, 1.807) is 7.11 Å². The van der Waals surface area contributed by atoms with Crippen molar-refractivity contribution in [2.75, 3.05) is 13.7 Å². The number of ether oxygens (including phenoxy) is 1. The lowest BCUT2D eigenvalue weighted by Gasteiger charge is -2.25. The van der Waals surface area contributed by atoms with E-state index in [1.165, 1.54) is 23.8 Å². The van der Waals surface area contributed by atoms with Gasteiger partial charge in [0.1, 0.15) is 11.3 Å². The van der Waals surface area contributed by atoms with Crippen molar-refractivity contribution in [3.63, 3.8) is 0 Å². The minimum Gasteiger partial charge on any atom is -0.459 e. The van der Waals surface area contributed by atoms with Gasteiger partial charge in [-0.15, -0.1) is 0 Å². The van der Waals surface area contributed by atoms with Crippen LogP contribution in [0.3, 0.4) is 0 Å². The van der Waals surface area contributed by atoms with E-state index in [9.17, 15) is 0 Å². The Morgan fingerprint density at radius 3 is 2.80 bits per heavy atom. The van der Waals surface area contributed by atoms with E-state index in [4.69, 9.17) is 9.15 Å². The third-order valence-electron chi connectivity index (χ3n) is 4.11. The first-order valence-corrected chi connectivity index (χ1v) is 7.49. The van der Waals surface area contributed by atoms with E-state index in [2.05, 4.69) is 43.4 Å². The highest BCUT2D eigenvalue weighted by Gasteiger charge is 2.38. The van der Waals surface area contributed by atoms with Gasteiger partial charge in [0.2, 0.25) is 0 Å². The number of nitrogens with one attached hydrogen (secondary N) is 1. The number of methoxy groups -OCH3 is 1. The molecule has 1 heterocycles. The van der Waals surface area contributed by atoms with Crippen LogP contribution in [0.25, 0.3) is 11.0 Å². The van der Waals surface area contributed by atoms with Gasteiger partial charge in [-0.05, 0) is 50.4 Å². The maximum Gasteiger partial charge on any atom is 0.134 e. The van der Waals surface area contributed by atoms with E-state index in [0.717, 1.165) is 17.9 Å². The first kappa shape index (κ1) is 13.7. The lowest BCUT2D eigenvalue weighted by atomic mass is 10.0. The molecular weight excluding hydrogens is 250 g/mol. The molecule has 20 heavy (non-hydrogen) atoms. The molecule has 1 aliphatic rings. The number of rotatable bonds is 6. The second kappa shape index (κ2) is 5.58. The molecule has 1 fully saturated rings. The maximum atomic E-state index is 6.06. The summed E-state index contributed by atoms with van der Waals surface area (Å²) in [5, 5.41) is 4.70. The summed E-state index contributed by atoms with van der Waals surface area (Å²) < 4.78 is 11.8. The summed E-state index contributed by atoms with van der Waals surface area (Å²) in [7, 11) is 1.81. The van der Waals surface area contributed by atoms with Gasteiger partial charge in [-0.1, -0.05) is 18.6 Å². The van der Waals surface area contributed by atoms with Crippen molar-refractivity contribution < 1.29 is 9.15 Å². The average Bonchev–Trinajstić information content (AvgIpc) is 3.18. The van der Waals surface area contributed by atoms with Crippen LogP contribution in [0.1, 0.15) is 37.1 Å². The van der Waals surface area contributed by atoms with Gasteiger partial charge < -0.3 is 14.5 Å². The standard InChI is InChI=1S/C17H23NO2/c1-4-18-16(17(19-3)12-6-7-12)15-10-13-9-11(2)5-8-14(13)20-15/h5,8-10,12,16-18H,4,6-7H2,1-3H3. The Morgan fingerprint density at radius 1 is 1.35 bits per heavy atom. The molecule has 2 unspecified atom stereocenters. The highest BCUT2D eigenvalue weighted by Crippen LogP contribution is 2.40. The average molecular weight is 273 g/mol. The van der Waals surface area contributed by atoms with Crippen LogP contribution in [0.2, 0.25) is 0 Å². The summed E-state index contributed by atoms with van der Waals surface area (Å²) in [6, 6.07) is 8.61. The fourth-order valence-electron chi connectivity index (χ4n) is 2.96. The van der Waals surface area contributed by atoms with Crippen molar-refractivity contribution in [2.45, 2.75) is 38.8 Å². The molecule has 1 aromatic heterocycles. The van der Waals surface area contributed by atoms with Gasteiger partial charge in [-0.2, -0.15) is 0 Å². The number of hydrogen-bond acceptors (Lipinski definition) is 3. The van der Waals surface area contributed by atoms with Crippen molar-refractivity contribution in [3.8, 4) is 0 Å². The Balaban J connectivity index is 1.95. The molecule has 2 aromatic rings. The predicted octanol–water partition coefficient (Wildman–Crippen LogP) is 3.82. The molecule has 0 aliphatic heterocycles. The molecule has 0 amide bonds. The molecule has 0 spiro atoms. The Labute approximate surface area is 120 Å². The molecule has 108 valence electrons. The Bertz CT molecular complexity index is 586. The van der Waals surface area contributed by atoms with E-state index in [0.29, 0.717) is 5.92 Å². The van der Waals surface area contributed by atoms with Crippen molar-refractivity contribution >= 4 is 11.0 Å². The molecule has 1 aromatic carbocycles. The van der Waals surface area contributed by atoms with E-state index < -0.39 is 0 Å². The van der Waals surface area contributed by atoms with E-state index >= 15 is 0 Å². The molecule has 1 aliphatic carbocycles. The highest BCUT2D eigenvalue weighted by atomic mass is 16.5. The molecule has 3 nitrogen and oxygen atoms in total. The summed E-state index contributed by atoms with van der Waals surface area (Å²) in [5.41, 5.74) is 2.22. The van der Waals surface area contributed by atoms with Crippen molar-refractivity contribution in [1.29, 1.82) is 0 Å². The van der Waals surface area contributed by atoms with Crippen LogP contribution >= 0.6 is 0 Å². The molecule has 0 bridgehead atoms. The number of fused-ring (bicyclic) bond motifs is 1. The zero-order chi connectivity index (χ0) is 14.1. The third-order valence-corrected chi connectivity index (χ3v) is 4.11. The molecule has 3 heteroatoms. The lowest BCUT2D eigenvalue weighted by Crippen LogP contribution is -2.34. The minimum absolute atomic E-state index is 0.144. The summed E-state index contributed by atoms with van der Waals surface area (Å²) in [4.78, 5) is 0. The van der Waals surface area contributed by atoms with Crippen molar-refractivity contribution in [3.05, 3.63) is 35.6 Å². The zero-order valence-corrected chi connectivity index (χ0v) is 12.5. The largest absolute Gasteiger partial charge is 0.459 e. The third kappa shape index (κ3) is 2.60. The first-order chi connectivity index (χ1) is 9.72. The molecule has 0 saturated heterocycles. The van der Waals surface area contributed by atoms with Gasteiger partial charge in [0.25, 0.3) is 0 Å². The summed E-state index contributed by atoms with van der Waals surface area (Å²) in [6.07, 6.45) is 2.73. The molecular formula is C17H23NO2. The maximum absolute atomic E-state index is 6.06. The summed E-state index contributed by atoms with van der Waals surface area (Å²) in [5.74, 6) is 1.66. The SMILES string of the molecule is CCNC(c1cc2cc(C)ccc2o1)C(OC)C1CC1. The van der Waals surface area contributed by atoms with Gasteiger partial charge in [0.15, 0.2) is 0 Å². The predicted molar refractivity (Wildman–Crippen MR) is 80.9 cm³/mol. The topological polar surface area (TPSA) is 34.4 Å². The summed E-state index contributed by atoms with van der Waals surface area (Å²) in [6.45, 7) is 5.14. The fourth-order valence-corrected chi connectivity index (χ4v) is 2.96. The number of benzene rings is 1. The van der Waals surface area contributed by atoms with Gasteiger partial charge in [-0.3, -0.25) is 0 Å². The highest BCUT2D eigenvalue weighted by molar-refractivity contribution is 5.78. The van der Waals surface area contributed by atoms with Crippen LogP contribution in [0.5, 0.6) is 0 Å². The van der Waals surface area contributed by atoms with E-state index in [1.807, 2.05) is 0 Å². The minimum atomic E-state index is 0.144. The van der Waals surface area contributed by atoms with Crippen molar-refractivity contribution in [1.82, 2.24) is 5.32 Å². The molecule has 1 N–H and O–H groups in total. The van der Waals surface area contributed by atoms with Crippen LogP contribution in [-0.4, -0.2) is 19.8 Å². The Morgan fingerprint density at radius 2 is 2.15 bits per heavy atom. The second-order valence-corrected chi connectivity index (χ2v) is 5.76. The number of aryl methyl sites for hydroxylation is 1. The number of furan rings is 1. The van der Waals surface area contributed by atoms with Crippen molar-refractivity contribution in [2.24, 2.45) is 5.92 Å². The smallest absolute Gasteiger partial charge is 0.134 e. The number of likely N-dealkylation sites (N-methyl/N-ethyl adjacent to an activating group) is 1. The first-order valence-electron chi connectivity index (χ1n) is 7.49. The summed E-state index contributed by atoms with van der Waals surface area (Å²) >= 11 is 0. The fraction of sp³-hybridized carbons (Fsp3) is 0.529. The quantitative estimate of drug-likeness (QED) is 0.869.